The molecule has 2 heterocycles. The number of carbonyl (C=O) groups excluding carboxylic acids is 2. The number of aryl methyl sites for hydroxylation is 1. The standard InChI is InChI=1S/C26H29Cl2N3O2/c27-22-7-6-19(14-23(22)28)25(33)29-15-24(32)30-13-9-20(16-30)31-12-3-10-26(17-31)11-8-18-4-1-2-5-21(18)26/h1-2,4-7,14,20H,3,8-13,15-17H2,(H,29,33). The van der Waals surface area contributed by atoms with Gasteiger partial charge in [-0.25, -0.2) is 0 Å². The average molecular weight is 486 g/mol. The van der Waals surface area contributed by atoms with Gasteiger partial charge < -0.3 is 10.2 Å². The fraction of sp³-hybridized carbons (Fsp3) is 0.462. The Balaban J connectivity index is 1.16. The third-order valence-corrected chi connectivity index (χ3v) is 8.42. The molecular weight excluding hydrogens is 457 g/mol. The molecule has 174 valence electrons. The Kier molecular flexibility index (Phi) is 6.39. The number of carbonyl (C=O) groups is 2. The SMILES string of the molecule is O=C(NCC(=O)N1CCC(N2CCCC3(CCc4ccccc43)C2)C1)c1ccc(Cl)c(Cl)c1. The van der Waals surface area contributed by atoms with E-state index in [2.05, 4.69) is 34.5 Å². The first-order valence-corrected chi connectivity index (χ1v) is 12.5. The van der Waals surface area contributed by atoms with Crippen LogP contribution in [0.3, 0.4) is 0 Å². The Morgan fingerprint density at radius 2 is 1.91 bits per heavy atom. The predicted molar refractivity (Wildman–Crippen MR) is 131 cm³/mol. The van der Waals surface area contributed by atoms with Crippen LogP contribution in [0.5, 0.6) is 0 Å². The highest BCUT2D eigenvalue weighted by molar-refractivity contribution is 6.42. The Morgan fingerprint density at radius 1 is 1.06 bits per heavy atom. The third kappa shape index (κ3) is 4.51. The van der Waals surface area contributed by atoms with Crippen LogP contribution in [0, 0.1) is 0 Å². The number of hydrogen-bond acceptors (Lipinski definition) is 3. The van der Waals surface area contributed by atoms with E-state index in [1.165, 1.54) is 37.3 Å². The van der Waals surface area contributed by atoms with Crippen molar-refractivity contribution in [3.63, 3.8) is 0 Å². The van der Waals surface area contributed by atoms with Crippen LogP contribution in [0.4, 0.5) is 0 Å². The van der Waals surface area contributed by atoms with Crippen LogP contribution in [0.1, 0.15) is 47.2 Å². The summed E-state index contributed by atoms with van der Waals surface area (Å²) in [6.07, 6.45) is 5.87. The molecule has 2 unspecified atom stereocenters. The summed E-state index contributed by atoms with van der Waals surface area (Å²) in [6.45, 7) is 3.66. The molecule has 1 spiro atoms. The van der Waals surface area contributed by atoms with Crippen molar-refractivity contribution < 1.29 is 9.59 Å². The summed E-state index contributed by atoms with van der Waals surface area (Å²) < 4.78 is 0. The summed E-state index contributed by atoms with van der Waals surface area (Å²) in [4.78, 5) is 29.7. The molecule has 5 nitrogen and oxygen atoms in total. The Morgan fingerprint density at radius 3 is 2.76 bits per heavy atom. The zero-order valence-electron chi connectivity index (χ0n) is 18.7. The minimum absolute atomic E-state index is 0.0108. The number of hydrogen-bond donors (Lipinski definition) is 1. The maximum Gasteiger partial charge on any atom is 0.251 e. The summed E-state index contributed by atoms with van der Waals surface area (Å²) in [7, 11) is 0. The van der Waals surface area contributed by atoms with Gasteiger partial charge in [-0.15, -0.1) is 0 Å². The molecule has 1 N–H and O–H groups in total. The lowest BCUT2D eigenvalue weighted by Crippen LogP contribution is -2.50. The minimum atomic E-state index is -0.324. The van der Waals surface area contributed by atoms with Crippen LogP contribution < -0.4 is 5.32 Å². The topological polar surface area (TPSA) is 52.7 Å². The maximum absolute atomic E-state index is 12.8. The third-order valence-electron chi connectivity index (χ3n) is 7.68. The molecule has 1 aliphatic carbocycles. The number of nitrogens with one attached hydrogen (secondary N) is 1. The van der Waals surface area contributed by atoms with E-state index in [-0.39, 0.29) is 23.8 Å². The van der Waals surface area contributed by atoms with E-state index >= 15 is 0 Å². The smallest absolute Gasteiger partial charge is 0.251 e. The van der Waals surface area contributed by atoms with Crippen LogP contribution in [0.2, 0.25) is 10.0 Å². The molecule has 2 aliphatic heterocycles. The molecule has 2 amide bonds. The highest BCUT2D eigenvalue weighted by Gasteiger charge is 2.44. The molecule has 2 aromatic carbocycles. The van der Waals surface area contributed by atoms with Gasteiger partial charge in [-0.05, 0) is 68.0 Å². The Labute approximate surface area is 205 Å². The van der Waals surface area contributed by atoms with Crippen molar-refractivity contribution in [3.05, 3.63) is 69.2 Å². The van der Waals surface area contributed by atoms with Crippen molar-refractivity contribution in [2.75, 3.05) is 32.7 Å². The number of likely N-dealkylation sites (tertiary alicyclic amines) is 2. The molecule has 7 heteroatoms. The first kappa shape index (κ1) is 22.7. The lowest BCUT2D eigenvalue weighted by atomic mass is 9.75. The van der Waals surface area contributed by atoms with Crippen LogP contribution in [0.15, 0.2) is 42.5 Å². The largest absolute Gasteiger partial charge is 0.343 e. The van der Waals surface area contributed by atoms with Gasteiger partial charge in [0.15, 0.2) is 0 Å². The first-order valence-electron chi connectivity index (χ1n) is 11.8. The summed E-state index contributed by atoms with van der Waals surface area (Å²) in [5, 5.41) is 3.44. The van der Waals surface area contributed by atoms with Crippen molar-refractivity contribution in [3.8, 4) is 0 Å². The number of fused-ring (bicyclic) bond motifs is 2. The molecule has 3 aliphatic rings. The first-order chi connectivity index (χ1) is 15.9. The summed E-state index contributed by atoms with van der Waals surface area (Å²) >= 11 is 11.9. The molecule has 2 atom stereocenters. The van der Waals surface area contributed by atoms with Crippen LogP contribution >= 0.6 is 23.2 Å². The van der Waals surface area contributed by atoms with E-state index in [9.17, 15) is 9.59 Å². The summed E-state index contributed by atoms with van der Waals surface area (Å²) in [5.41, 5.74) is 3.73. The molecule has 0 saturated carbocycles. The Bertz CT molecular complexity index is 1070. The number of piperidine rings is 1. The maximum atomic E-state index is 12.8. The molecule has 2 fully saturated rings. The predicted octanol–water partition coefficient (Wildman–Crippen LogP) is 4.30. The lowest BCUT2D eigenvalue weighted by molar-refractivity contribution is -0.129. The number of rotatable bonds is 4. The van der Waals surface area contributed by atoms with Crippen molar-refractivity contribution in [1.29, 1.82) is 0 Å². The molecule has 0 radical (unpaired) electrons. The second kappa shape index (κ2) is 9.28. The van der Waals surface area contributed by atoms with Crippen molar-refractivity contribution >= 4 is 35.0 Å². The average Bonchev–Trinajstić information content (AvgIpc) is 3.46. The van der Waals surface area contributed by atoms with E-state index < -0.39 is 0 Å². The normalized spacial score (nSPS) is 24.8. The molecule has 2 aromatic rings. The zero-order valence-corrected chi connectivity index (χ0v) is 20.2. The highest BCUT2D eigenvalue weighted by Crippen LogP contribution is 2.45. The van der Waals surface area contributed by atoms with Gasteiger partial charge in [-0.2, -0.15) is 0 Å². The van der Waals surface area contributed by atoms with Crippen molar-refractivity contribution in [1.82, 2.24) is 15.1 Å². The molecule has 0 aromatic heterocycles. The van der Waals surface area contributed by atoms with Gasteiger partial charge in [0.25, 0.3) is 5.91 Å². The van der Waals surface area contributed by atoms with Crippen molar-refractivity contribution in [2.45, 2.75) is 43.6 Å². The monoisotopic (exact) mass is 485 g/mol. The van der Waals surface area contributed by atoms with Gasteiger partial charge in [-0.3, -0.25) is 14.5 Å². The van der Waals surface area contributed by atoms with E-state index in [0.29, 0.717) is 21.7 Å². The molecule has 33 heavy (non-hydrogen) atoms. The molecule has 5 rings (SSSR count). The zero-order chi connectivity index (χ0) is 23.0. The van der Waals surface area contributed by atoms with E-state index in [4.69, 9.17) is 23.2 Å². The van der Waals surface area contributed by atoms with E-state index in [1.807, 2.05) is 4.90 Å². The van der Waals surface area contributed by atoms with E-state index in [1.54, 1.807) is 17.7 Å². The van der Waals surface area contributed by atoms with Gasteiger partial charge >= 0.3 is 0 Å². The quantitative estimate of drug-likeness (QED) is 0.701. The van der Waals surface area contributed by atoms with Gasteiger partial charge in [-0.1, -0.05) is 47.5 Å². The van der Waals surface area contributed by atoms with Gasteiger partial charge in [0, 0.05) is 36.7 Å². The molecular formula is C26H29Cl2N3O2. The number of benzene rings is 2. The summed E-state index contributed by atoms with van der Waals surface area (Å²) in [6, 6.07) is 14.0. The Hall–Kier alpha value is -2.08. The highest BCUT2D eigenvalue weighted by atomic mass is 35.5. The van der Waals surface area contributed by atoms with Crippen molar-refractivity contribution in [2.24, 2.45) is 0 Å². The number of halogens is 2. The van der Waals surface area contributed by atoms with Crippen LogP contribution in [0.25, 0.3) is 0 Å². The van der Waals surface area contributed by atoms with Gasteiger partial charge in [0.2, 0.25) is 5.91 Å². The minimum Gasteiger partial charge on any atom is -0.343 e. The van der Waals surface area contributed by atoms with E-state index in [0.717, 1.165) is 32.6 Å². The molecule has 0 bridgehead atoms. The lowest BCUT2D eigenvalue weighted by Gasteiger charge is -2.44. The molecule has 2 saturated heterocycles. The summed E-state index contributed by atoms with van der Waals surface area (Å²) in [5.74, 6) is -0.362. The second-order valence-corrected chi connectivity index (χ2v) is 10.4. The van der Waals surface area contributed by atoms with Gasteiger partial charge in [0.05, 0.1) is 16.6 Å². The van der Waals surface area contributed by atoms with Crippen LogP contribution in [-0.4, -0.2) is 60.4 Å². The fourth-order valence-electron chi connectivity index (χ4n) is 5.94. The fourth-order valence-corrected chi connectivity index (χ4v) is 6.24. The second-order valence-electron chi connectivity index (χ2n) is 9.61. The number of nitrogens with zero attached hydrogens (tertiary/aromatic N) is 2. The van der Waals surface area contributed by atoms with Crippen LogP contribution in [-0.2, 0) is 16.6 Å². The van der Waals surface area contributed by atoms with Gasteiger partial charge in [0.1, 0.15) is 0 Å². The number of amides is 2.